The highest BCUT2D eigenvalue weighted by molar-refractivity contribution is 9.10. The third kappa shape index (κ3) is 3.12. The lowest BCUT2D eigenvalue weighted by molar-refractivity contribution is 0.0642. The highest BCUT2D eigenvalue weighted by atomic mass is 79.9. The number of carbonyl (C=O) groups excluding carboxylic acids is 1. The van der Waals surface area contributed by atoms with Crippen LogP contribution in [0.25, 0.3) is 0 Å². The van der Waals surface area contributed by atoms with Crippen LogP contribution in [0.2, 0.25) is 0 Å². The number of halogens is 2. The summed E-state index contributed by atoms with van der Waals surface area (Å²) < 4.78 is 0.964. The number of likely N-dealkylation sites (tertiary alicyclic amines) is 1. The largest absolute Gasteiger partial charge is 0.338 e. The van der Waals surface area contributed by atoms with Crippen LogP contribution in [0.1, 0.15) is 16.8 Å². The third-order valence-electron chi connectivity index (χ3n) is 4.06. The van der Waals surface area contributed by atoms with Crippen molar-refractivity contribution in [2.75, 3.05) is 26.2 Å². The van der Waals surface area contributed by atoms with Crippen molar-refractivity contribution in [3.05, 3.63) is 34.3 Å². The zero-order valence-electron chi connectivity index (χ0n) is 10.6. The van der Waals surface area contributed by atoms with E-state index in [2.05, 4.69) is 21.2 Å². The molecule has 3 nitrogen and oxygen atoms in total. The monoisotopic (exact) mass is 344 g/mol. The number of rotatable bonds is 1. The minimum Gasteiger partial charge on any atom is -0.338 e. The molecule has 0 spiro atoms. The van der Waals surface area contributed by atoms with Gasteiger partial charge in [-0.1, -0.05) is 22.0 Å². The van der Waals surface area contributed by atoms with Crippen molar-refractivity contribution in [2.45, 2.75) is 6.42 Å². The summed E-state index contributed by atoms with van der Waals surface area (Å²) in [4.78, 5) is 14.4. The first-order valence-corrected chi connectivity index (χ1v) is 7.29. The molecule has 2 aliphatic heterocycles. The molecule has 2 fully saturated rings. The maximum absolute atomic E-state index is 12.4. The number of fused-ring (bicyclic) bond motifs is 1. The van der Waals surface area contributed by atoms with E-state index in [4.69, 9.17) is 0 Å². The van der Waals surface area contributed by atoms with Crippen molar-refractivity contribution in [3.63, 3.8) is 0 Å². The summed E-state index contributed by atoms with van der Waals surface area (Å²) >= 11 is 3.42. The van der Waals surface area contributed by atoms with Gasteiger partial charge in [0.15, 0.2) is 0 Å². The summed E-state index contributed by atoms with van der Waals surface area (Å²) in [5.41, 5.74) is 0.786. The number of nitrogens with one attached hydrogen (secondary N) is 1. The van der Waals surface area contributed by atoms with E-state index in [1.807, 2.05) is 29.2 Å². The van der Waals surface area contributed by atoms with Crippen LogP contribution in [-0.4, -0.2) is 37.0 Å². The molecule has 0 aliphatic carbocycles. The predicted octanol–water partition coefficient (Wildman–Crippen LogP) is 2.55. The fraction of sp³-hybridized carbons (Fsp3) is 0.500. The average Bonchev–Trinajstić information content (AvgIpc) is 2.85. The van der Waals surface area contributed by atoms with Crippen LogP contribution in [0.5, 0.6) is 0 Å². The lowest BCUT2D eigenvalue weighted by Crippen LogP contribution is -2.43. The summed E-state index contributed by atoms with van der Waals surface area (Å²) in [7, 11) is 0. The van der Waals surface area contributed by atoms with Crippen molar-refractivity contribution in [2.24, 2.45) is 11.8 Å². The Hall–Kier alpha value is -0.580. The Balaban J connectivity index is 0.00000133. The first-order valence-electron chi connectivity index (χ1n) is 6.49. The lowest BCUT2D eigenvalue weighted by atomic mass is 9.88. The van der Waals surface area contributed by atoms with Crippen molar-refractivity contribution >= 4 is 34.2 Å². The minimum absolute atomic E-state index is 0. The molecule has 1 N–H and O–H groups in total. The molecule has 0 bridgehead atoms. The van der Waals surface area contributed by atoms with Gasteiger partial charge in [-0.3, -0.25) is 4.79 Å². The van der Waals surface area contributed by atoms with Crippen molar-refractivity contribution < 1.29 is 4.79 Å². The van der Waals surface area contributed by atoms with Crippen molar-refractivity contribution in [1.82, 2.24) is 10.2 Å². The molecule has 104 valence electrons. The number of benzene rings is 1. The Labute approximate surface area is 128 Å². The first-order chi connectivity index (χ1) is 8.74. The van der Waals surface area contributed by atoms with Gasteiger partial charge in [-0.2, -0.15) is 0 Å². The lowest BCUT2D eigenvalue weighted by Gasteiger charge is -2.34. The minimum atomic E-state index is 0. The summed E-state index contributed by atoms with van der Waals surface area (Å²) in [5, 5.41) is 3.43. The molecule has 1 aromatic carbocycles. The Morgan fingerprint density at radius 1 is 1.32 bits per heavy atom. The number of hydrogen-bond acceptors (Lipinski definition) is 2. The zero-order valence-corrected chi connectivity index (χ0v) is 13.0. The Kier molecular flexibility index (Phi) is 4.87. The molecule has 3 rings (SSSR count). The van der Waals surface area contributed by atoms with E-state index < -0.39 is 0 Å². The third-order valence-corrected chi connectivity index (χ3v) is 4.56. The topological polar surface area (TPSA) is 32.3 Å². The molecule has 2 saturated heterocycles. The van der Waals surface area contributed by atoms with Gasteiger partial charge in [0.05, 0.1) is 0 Å². The van der Waals surface area contributed by atoms with Gasteiger partial charge < -0.3 is 10.2 Å². The molecule has 0 aromatic heterocycles. The summed E-state index contributed by atoms with van der Waals surface area (Å²) in [6.45, 7) is 3.99. The van der Waals surface area contributed by atoms with Crippen LogP contribution in [0.3, 0.4) is 0 Å². The summed E-state index contributed by atoms with van der Waals surface area (Å²) in [6, 6.07) is 7.67. The Morgan fingerprint density at radius 3 is 2.89 bits per heavy atom. The van der Waals surface area contributed by atoms with Gasteiger partial charge in [0.1, 0.15) is 0 Å². The van der Waals surface area contributed by atoms with E-state index in [0.29, 0.717) is 5.92 Å². The molecule has 2 heterocycles. The second-order valence-corrected chi connectivity index (χ2v) is 6.14. The first kappa shape index (κ1) is 14.8. The van der Waals surface area contributed by atoms with E-state index in [0.717, 1.165) is 48.6 Å². The smallest absolute Gasteiger partial charge is 0.253 e. The Morgan fingerprint density at radius 2 is 2.11 bits per heavy atom. The van der Waals surface area contributed by atoms with Gasteiger partial charge >= 0.3 is 0 Å². The maximum Gasteiger partial charge on any atom is 0.253 e. The highest BCUT2D eigenvalue weighted by Gasteiger charge is 2.34. The van der Waals surface area contributed by atoms with Gasteiger partial charge in [0.25, 0.3) is 5.91 Å². The van der Waals surface area contributed by atoms with Crippen LogP contribution < -0.4 is 5.32 Å². The standard InChI is InChI=1S/C14H17BrN2O.ClH/c15-13-3-1-2-10(6-13)14(18)17-5-4-11-7-16-8-12(11)9-17;/h1-3,6,11-12,16H,4-5,7-9H2;1H. The summed E-state index contributed by atoms with van der Waals surface area (Å²) in [6.07, 6.45) is 1.14. The highest BCUT2D eigenvalue weighted by Crippen LogP contribution is 2.27. The fourth-order valence-electron chi connectivity index (χ4n) is 3.02. The quantitative estimate of drug-likeness (QED) is 0.848. The molecule has 1 aromatic rings. The van der Waals surface area contributed by atoms with E-state index >= 15 is 0 Å². The molecule has 5 heteroatoms. The average molecular weight is 346 g/mol. The van der Waals surface area contributed by atoms with E-state index in [-0.39, 0.29) is 18.3 Å². The molecule has 2 unspecified atom stereocenters. The molecule has 2 aliphatic rings. The number of hydrogen-bond donors (Lipinski definition) is 1. The number of carbonyl (C=O) groups is 1. The molecule has 2 atom stereocenters. The fourth-order valence-corrected chi connectivity index (χ4v) is 3.42. The van der Waals surface area contributed by atoms with Gasteiger partial charge in [0, 0.05) is 23.1 Å². The normalized spacial score (nSPS) is 25.6. The van der Waals surface area contributed by atoms with Gasteiger partial charge in [-0.25, -0.2) is 0 Å². The molecular weight excluding hydrogens is 328 g/mol. The molecule has 0 radical (unpaired) electrons. The Bertz CT molecular complexity index is 469. The van der Waals surface area contributed by atoms with E-state index in [1.165, 1.54) is 0 Å². The van der Waals surface area contributed by atoms with Crippen LogP contribution >= 0.6 is 28.3 Å². The number of amides is 1. The number of nitrogens with zero attached hydrogens (tertiary/aromatic N) is 1. The second kappa shape index (κ2) is 6.25. The van der Waals surface area contributed by atoms with Crippen LogP contribution in [0.15, 0.2) is 28.7 Å². The van der Waals surface area contributed by atoms with Crippen molar-refractivity contribution in [1.29, 1.82) is 0 Å². The predicted molar refractivity (Wildman–Crippen MR) is 81.8 cm³/mol. The maximum atomic E-state index is 12.4. The van der Waals surface area contributed by atoms with E-state index in [9.17, 15) is 4.79 Å². The molecular formula is C14H18BrClN2O. The summed E-state index contributed by atoms with van der Waals surface area (Å²) in [5.74, 6) is 1.59. The second-order valence-electron chi connectivity index (χ2n) is 5.23. The van der Waals surface area contributed by atoms with Crippen LogP contribution in [-0.2, 0) is 0 Å². The van der Waals surface area contributed by atoms with Crippen molar-refractivity contribution in [3.8, 4) is 0 Å². The van der Waals surface area contributed by atoms with Gasteiger partial charge in [0.2, 0.25) is 0 Å². The molecule has 0 saturated carbocycles. The zero-order chi connectivity index (χ0) is 12.5. The van der Waals surface area contributed by atoms with Gasteiger partial charge in [-0.05, 0) is 49.5 Å². The van der Waals surface area contributed by atoms with Crippen LogP contribution in [0.4, 0.5) is 0 Å². The number of piperidine rings is 1. The van der Waals surface area contributed by atoms with Gasteiger partial charge in [-0.15, -0.1) is 12.4 Å². The SMILES string of the molecule is Cl.O=C(c1cccc(Br)c1)N1CCC2CNCC2C1. The van der Waals surface area contributed by atoms with E-state index in [1.54, 1.807) is 0 Å². The molecule has 19 heavy (non-hydrogen) atoms. The van der Waals surface area contributed by atoms with Crippen LogP contribution in [0, 0.1) is 11.8 Å². The molecule has 1 amide bonds.